The fourth-order valence-electron chi connectivity index (χ4n) is 4.94. The summed E-state index contributed by atoms with van der Waals surface area (Å²) in [5.41, 5.74) is 1.70. The van der Waals surface area contributed by atoms with Gasteiger partial charge in [-0.3, -0.25) is 9.69 Å². The summed E-state index contributed by atoms with van der Waals surface area (Å²) < 4.78 is 6.14. The molecule has 0 heterocycles. The van der Waals surface area contributed by atoms with Crippen LogP contribution in [0.2, 0.25) is 0 Å². The Kier molecular flexibility index (Phi) is 6.01. The van der Waals surface area contributed by atoms with Gasteiger partial charge in [0.15, 0.2) is 0 Å². The fraction of sp³-hybridized carbons (Fsp3) is 0.296. The highest BCUT2D eigenvalue weighted by atomic mass is 16.5. The lowest BCUT2D eigenvalue weighted by atomic mass is 9.66. The standard InChI is InChI=1S/C27H29NO2/c1-28(2)27(21-12-5-3-6-13-21,25-18-9-10-19-26(25)29)22-14-11-17-24(20-22)30-23-15-7-4-8-16-23/h3-8,11-17,20,25H,9-10,18-19H2,1-2H3. The van der Waals surface area contributed by atoms with Crippen LogP contribution in [0, 0.1) is 5.92 Å². The molecule has 2 atom stereocenters. The zero-order chi connectivity index (χ0) is 21.0. The van der Waals surface area contributed by atoms with E-state index in [2.05, 4.69) is 55.4 Å². The van der Waals surface area contributed by atoms with Crippen molar-refractivity contribution >= 4 is 5.78 Å². The maximum absolute atomic E-state index is 13.2. The van der Waals surface area contributed by atoms with Crippen LogP contribution in [0.25, 0.3) is 0 Å². The number of ether oxygens (including phenoxy) is 1. The minimum absolute atomic E-state index is 0.0874. The van der Waals surface area contributed by atoms with E-state index >= 15 is 0 Å². The van der Waals surface area contributed by atoms with Crippen LogP contribution in [-0.2, 0) is 10.3 Å². The third-order valence-electron chi connectivity index (χ3n) is 6.23. The van der Waals surface area contributed by atoms with E-state index in [-0.39, 0.29) is 5.92 Å². The summed E-state index contributed by atoms with van der Waals surface area (Å²) in [6.07, 6.45) is 3.63. The topological polar surface area (TPSA) is 29.5 Å². The number of carbonyl (C=O) groups excluding carboxylic acids is 1. The molecule has 154 valence electrons. The average molecular weight is 400 g/mol. The highest BCUT2D eigenvalue weighted by Crippen LogP contribution is 2.46. The molecule has 1 aliphatic carbocycles. The highest BCUT2D eigenvalue weighted by Gasteiger charge is 2.48. The smallest absolute Gasteiger partial charge is 0.138 e. The van der Waals surface area contributed by atoms with Gasteiger partial charge in [-0.05, 0) is 62.3 Å². The van der Waals surface area contributed by atoms with Gasteiger partial charge in [-0.2, -0.15) is 0 Å². The molecule has 4 rings (SSSR count). The molecule has 0 aliphatic heterocycles. The van der Waals surface area contributed by atoms with Crippen molar-refractivity contribution in [2.45, 2.75) is 31.2 Å². The van der Waals surface area contributed by atoms with Crippen molar-refractivity contribution in [3.8, 4) is 11.5 Å². The summed E-state index contributed by atoms with van der Waals surface area (Å²) in [5.74, 6) is 1.85. The number of rotatable bonds is 6. The number of benzene rings is 3. The van der Waals surface area contributed by atoms with Gasteiger partial charge in [-0.1, -0.05) is 67.1 Å². The van der Waals surface area contributed by atoms with Crippen LogP contribution >= 0.6 is 0 Å². The summed E-state index contributed by atoms with van der Waals surface area (Å²) in [4.78, 5) is 15.4. The van der Waals surface area contributed by atoms with E-state index in [9.17, 15) is 4.79 Å². The Morgan fingerprint density at radius 2 is 1.43 bits per heavy atom. The second-order valence-electron chi connectivity index (χ2n) is 8.23. The summed E-state index contributed by atoms with van der Waals surface area (Å²) >= 11 is 0. The molecule has 0 amide bonds. The molecular weight excluding hydrogens is 370 g/mol. The number of hydrogen-bond donors (Lipinski definition) is 0. The van der Waals surface area contributed by atoms with Crippen LogP contribution in [0.5, 0.6) is 11.5 Å². The van der Waals surface area contributed by atoms with Crippen LogP contribution in [-0.4, -0.2) is 24.8 Å². The molecule has 30 heavy (non-hydrogen) atoms. The van der Waals surface area contributed by atoms with Crippen LogP contribution in [0.15, 0.2) is 84.9 Å². The monoisotopic (exact) mass is 399 g/mol. The predicted octanol–water partition coefficient (Wildman–Crippen LogP) is 6.04. The molecule has 0 radical (unpaired) electrons. The van der Waals surface area contributed by atoms with E-state index in [0.717, 1.165) is 41.9 Å². The highest BCUT2D eigenvalue weighted by molar-refractivity contribution is 5.84. The lowest BCUT2D eigenvalue weighted by Gasteiger charge is -2.47. The van der Waals surface area contributed by atoms with Crippen LogP contribution in [0.3, 0.4) is 0 Å². The van der Waals surface area contributed by atoms with Crippen molar-refractivity contribution in [3.05, 3.63) is 96.1 Å². The SMILES string of the molecule is CN(C)C(c1ccccc1)(c1cccc(Oc2ccccc2)c1)C1CCCCC1=O. The second kappa shape index (κ2) is 8.85. The Hall–Kier alpha value is -2.91. The number of para-hydroxylation sites is 1. The minimum atomic E-state index is -0.533. The van der Waals surface area contributed by atoms with Gasteiger partial charge in [0.1, 0.15) is 17.3 Å². The van der Waals surface area contributed by atoms with Crippen molar-refractivity contribution in [2.75, 3.05) is 14.1 Å². The number of Topliss-reactive ketones (excluding diaryl/α,β-unsaturated/α-hetero) is 1. The molecule has 1 saturated carbocycles. The first-order valence-corrected chi connectivity index (χ1v) is 10.7. The molecule has 0 saturated heterocycles. The van der Waals surface area contributed by atoms with E-state index in [1.54, 1.807) is 0 Å². The van der Waals surface area contributed by atoms with Crippen LogP contribution < -0.4 is 4.74 Å². The van der Waals surface area contributed by atoms with Crippen LogP contribution in [0.1, 0.15) is 36.8 Å². The van der Waals surface area contributed by atoms with Gasteiger partial charge in [0.2, 0.25) is 0 Å². The first-order valence-electron chi connectivity index (χ1n) is 10.7. The molecule has 2 unspecified atom stereocenters. The molecule has 1 fully saturated rings. The maximum Gasteiger partial charge on any atom is 0.138 e. The molecule has 3 aromatic carbocycles. The Balaban J connectivity index is 1.86. The number of hydrogen-bond acceptors (Lipinski definition) is 3. The molecule has 0 bridgehead atoms. The third kappa shape index (κ3) is 3.78. The minimum Gasteiger partial charge on any atom is -0.457 e. The predicted molar refractivity (Wildman–Crippen MR) is 121 cm³/mol. The van der Waals surface area contributed by atoms with Crippen molar-refractivity contribution in [3.63, 3.8) is 0 Å². The molecule has 0 aromatic heterocycles. The average Bonchev–Trinajstić information content (AvgIpc) is 2.77. The third-order valence-corrected chi connectivity index (χ3v) is 6.23. The number of nitrogens with zero attached hydrogens (tertiary/aromatic N) is 1. The van der Waals surface area contributed by atoms with Gasteiger partial charge in [0.05, 0.1) is 5.54 Å². The Labute approximate surface area is 179 Å². The fourth-order valence-corrected chi connectivity index (χ4v) is 4.94. The molecular formula is C27H29NO2. The summed E-state index contributed by atoms with van der Waals surface area (Å²) in [7, 11) is 4.17. The van der Waals surface area contributed by atoms with Crippen molar-refractivity contribution < 1.29 is 9.53 Å². The van der Waals surface area contributed by atoms with Gasteiger partial charge < -0.3 is 4.74 Å². The van der Waals surface area contributed by atoms with Crippen molar-refractivity contribution in [1.29, 1.82) is 0 Å². The van der Waals surface area contributed by atoms with Gasteiger partial charge in [-0.15, -0.1) is 0 Å². The Bertz CT molecular complexity index is 984. The lowest BCUT2D eigenvalue weighted by molar-refractivity contribution is -0.129. The number of carbonyl (C=O) groups is 1. The first kappa shape index (κ1) is 20.4. The first-order chi connectivity index (χ1) is 14.6. The molecule has 0 spiro atoms. The lowest BCUT2D eigenvalue weighted by Crippen LogP contribution is -2.52. The normalized spacial score (nSPS) is 18.8. The van der Waals surface area contributed by atoms with E-state index in [0.29, 0.717) is 12.2 Å². The van der Waals surface area contributed by atoms with Gasteiger partial charge >= 0.3 is 0 Å². The maximum atomic E-state index is 13.2. The van der Waals surface area contributed by atoms with Crippen molar-refractivity contribution in [2.24, 2.45) is 5.92 Å². The molecule has 1 aliphatic rings. The zero-order valence-electron chi connectivity index (χ0n) is 17.8. The Morgan fingerprint density at radius 3 is 2.10 bits per heavy atom. The zero-order valence-corrected chi connectivity index (χ0v) is 17.8. The second-order valence-corrected chi connectivity index (χ2v) is 8.23. The summed E-state index contributed by atoms with van der Waals surface area (Å²) in [6.45, 7) is 0. The molecule has 3 heteroatoms. The molecule has 3 nitrogen and oxygen atoms in total. The summed E-state index contributed by atoms with van der Waals surface area (Å²) in [6, 6.07) is 28.5. The van der Waals surface area contributed by atoms with Gasteiger partial charge in [-0.25, -0.2) is 0 Å². The Morgan fingerprint density at radius 1 is 0.800 bits per heavy atom. The van der Waals surface area contributed by atoms with Gasteiger partial charge in [0.25, 0.3) is 0 Å². The van der Waals surface area contributed by atoms with E-state index in [1.165, 1.54) is 0 Å². The van der Waals surface area contributed by atoms with Crippen molar-refractivity contribution in [1.82, 2.24) is 4.90 Å². The largest absolute Gasteiger partial charge is 0.457 e. The van der Waals surface area contributed by atoms with Gasteiger partial charge in [0, 0.05) is 12.3 Å². The number of ketones is 1. The summed E-state index contributed by atoms with van der Waals surface area (Å²) in [5, 5.41) is 0. The molecule has 3 aromatic rings. The van der Waals surface area contributed by atoms with E-state index in [1.807, 2.05) is 48.5 Å². The quantitative estimate of drug-likeness (QED) is 0.506. The van der Waals surface area contributed by atoms with E-state index < -0.39 is 5.54 Å². The van der Waals surface area contributed by atoms with Crippen LogP contribution in [0.4, 0.5) is 0 Å². The van der Waals surface area contributed by atoms with E-state index in [4.69, 9.17) is 4.74 Å². The molecule has 0 N–H and O–H groups in total.